The number of ether oxygens (including phenoxy) is 1. The van der Waals surface area contributed by atoms with Crippen molar-refractivity contribution in [1.82, 2.24) is 20.0 Å². The minimum Gasteiger partial charge on any atom is -0.493 e. The second kappa shape index (κ2) is 7.07. The zero-order valence-electron chi connectivity index (χ0n) is 15.4. The van der Waals surface area contributed by atoms with Gasteiger partial charge in [0.05, 0.1) is 6.61 Å². The van der Waals surface area contributed by atoms with Gasteiger partial charge in [0.2, 0.25) is 11.7 Å². The normalized spacial score (nSPS) is 18.6. The molecule has 1 atom stereocenters. The molecule has 2 aliphatic rings. The second-order valence-electron chi connectivity index (χ2n) is 7.12. The van der Waals surface area contributed by atoms with Crippen molar-refractivity contribution in [2.75, 3.05) is 13.2 Å². The maximum absolute atomic E-state index is 13.2. The van der Waals surface area contributed by atoms with E-state index in [9.17, 15) is 4.79 Å². The lowest BCUT2D eigenvalue weighted by Gasteiger charge is -2.23. The maximum Gasteiger partial charge on any atom is 0.254 e. The highest BCUT2D eigenvalue weighted by atomic mass is 16.5. The van der Waals surface area contributed by atoms with Crippen LogP contribution in [-0.4, -0.2) is 39.1 Å². The Balaban J connectivity index is 1.40. The number of nitrogens with zero attached hydrogens (tertiary/aromatic N) is 4. The number of rotatable bonds is 3. The summed E-state index contributed by atoms with van der Waals surface area (Å²) < 4.78 is 11.2. The van der Waals surface area contributed by atoms with Gasteiger partial charge in [-0.3, -0.25) is 9.78 Å². The molecule has 1 fully saturated rings. The van der Waals surface area contributed by atoms with E-state index in [0.717, 1.165) is 49.2 Å². The molecule has 4 heterocycles. The summed E-state index contributed by atoms with van der Waals surface area (Å²) in [7, 11) is 0. The van der Waals surface area contributed by atoms with Crippen LogP contribution in [0.5, 0.6) is 5.75 Å². The van der Waals surface area contributed by atoms with Gasteiger partial charge in [-0.15, -0.1) is 0 Å². The van der Waals surface area contributed by atoms with Gasteiger partial charge in [-0.1, -0.05) is 5.16 Å². The molecule has 0 bridgehead atoms. The van der Waals surface area contributed by atoms with Crippen LogP contribution in [0.4, 0.5) is 0 Å². The molecule has 2 aromatic heterocycles. The van der Waals surface area contributed by atoms with E-state index in [0.29, 0.717) is 23.8 Å². The smallest absolute Gasteiger partial charge is 0.254 e. The fraction of sp³-hybridized carbons (Fsp3) is 0.333. The Morgan fingerprint density at radius 1 is 1.14 bits per heavy atom. The Bertz CT molecular complexity index is 1000. The molecule has 3 aromatic rings. The number of aryl methyl sites for hydroxylation is 1. The average Bonchev–Trinajstić information content (AvgIpc) is 3.43. The van der Waals surface area contributed by atoms with Crippen molar-refractivity contribution in [2.24, 2.45) is 0 Å². The number of hydrogen-bond donors (Lipinski definition) is 0. The highest BCUT2D eigenvalue weighted by Crippen LogP contribution is 2.34. The van der Waals surface area contributed by atoms with Crippen LogP contribution in [0.25, 0.3) is 11.4 Å². The molecule has 0 aliphatic carbocycles. The third kappa shape index (κ3) is 3.02. The largest absolute Gasteiger partial charge is 0.493 e. The summed E-state index contributed by atoms with van der Waals surface area (Å²) >= 11 is 0. The molecule has 0 saturated carbocycles. The first-order valence-corrected chi connectivity index (χ1v) is 9.60. The van der Waals surface area contributed by atoms with Gasteiger partial charge < -0.3 is 14.2 Å². The molecule has 7 heteroatoms. The minimum atomic E-state index is -0.192. The molecule has 1 amide bonds. The quantitative estimate of drug-likeness (QED) is 0.697. The molecule has 0 unspecified atom stereocenters. The van der Waals surface area contributed by atoms with Gasteiger partial charge in [-0.05, 0) is 61.6 Å². The van der Waals surface area contributed by atoms with E-state index in [4.69, 9.17) is 9.26 Å². The standard InChI is InChI=1S/C21H20N4O3/c26-21(16-5-6-18-15(13-16)3-2-12-27-18)25-11-1-4-17(25)20-23-19(24-28-20)14-7-9-22-10-8-14/h5-10,13,17H,1-4,11-12H2/t17-/m0/s1. The Kier molecular flexibility index (Phi) is 4.27. The third-order valence-electron chi connectivity index (χ3n) is 5.33. The van der Waals surface area contributed by atoms with Crippen LogP contribution in [-0.2, 0) is 6.42 Å². The maximum atomic E-state index is 13.2. The predicted molar refractivity (Wildman–Crippen MR) is 101 cm³/mol. The summed E-state index contributed by atoms with van der Waals surface area (Å²) in [5.74, 6) is 1.89. The Morgan fingerprint density at radius 3 is 2.93 bits per heavy atom. The summed E-state index contributed by atoms with van der Waals surface area (Å²) in [4.78, 5) is 23.6. The number of amides is 1. The predicted octanol–water partition coefficient (Wildman–Crippen LogP) is 3.43. The highest BCUT2D eigenvalue weighted by molar-refractivity contribution is 5.95. The van der Waals surface area contributed by atoms with E-state index in [1.165, 1.54) is 0 Å². The molecule has 2 aliphatic heterocycles. The molecule has 142 valence electrons. The SMILES string of the molecule is O=C(c1ccc2c(c1)CCCO2)N1CCC[C@H]1c1nc(-c2ccncc2)no1. The number of carbonyl (C=O) groups is 1. The number of carbonyl (C=O) groups excluding carboxylic acids is 1. The van der Waals surface area contributed by atoms with E-state index < -0.39 is 0 Å². The monoisotopic (exact) mass is 376 g/mol. The number of pyridine rings is 1. The van der Waals surface area contributed by atoms with E-state index in [1.54, 1.807) is 12.4 Å². The van der Waals surface area contributed by atoms with Crippen molar-refractivity contribution in [3.63, 3.8) is 0 Å². The first kappa shape index (κ1) is 16.9. The van der Waals surface area contributed by atoms with E-state index in [-0.39, 0.29) is 11.9 Å². The summed E-state index contributed by atoms with van der Waals surface area (Å²) in [6.07, 6.45) is 7.04. The van der Waals surface area contributed by atoms with Gasteiger partial charge in [0.15, 0.2) is 0 Å². The fourth-order valence-electron chi connectivity index (χ4n) is 3.91. The second-order valence-corrected chi connectivity index (χ2v) is 7.12. The number of hydrogen-bond acceptors (Lipinski definition) is 6. The molecule has 1 aromatic carbocycles. The van der Waals surface area contributed by atoms with Crippen molar-refractivity contribution in [3.8, 4) is 17.1 Å². The zero-order valence-corrected chi connectivity index (χ0v) is 15.4. The van der Waals surface area contributed by atoms with Crippen LogP contribution in [0.3, 0.4) is 0 Å². The van der Waals surface area contributed by atoms with Crippen molar-refractivity contribution < 1.29 is 14.1 Å². The van der Waals surface area contributed by atoms with Crippen molar-refractivity contribution in [3.05, 3.63) is 59.7 Å². The first-order chi connectivity index (χ1) is 13.8. The first-order valence-electron chi connectivity index (χ1n) is 9.60. The molecule has 1 saturated heterocycles. The summed E-state index contributed by atoms with van der Waals surface area (Å²) in [5.41, 5.74) is 2.63. The average molecular weight is 376 g/mol. The van der Waals surface area contributed by atoms with Crippen LogP contribution in [0.15, 0.2) is 47.2 Å². The van der Waals surface area contributed by atoms with Crippen molar-refractivity contribution >= 4 is 5.91 Å². The van der Waals surface area contributed by atoms with Gasteiger partial charge in [-0.25, -0.2) is 0 Å². The summed E-state index contributed by atoms with van der Waals surface area (Å²) in [6, 6.07) is 9.19. The Morgan fingerprint density at radius 2 is 2.04 bits per heavy atom. The van der Waals surface area contributed by atoms with Crippen LogP contribution in [0.2, 0.25) is 0 Å². The van der Waals surface area contributed by atoms with E-state index >= 15 is 0 Å². The highest BCUT2D eigenvalue weighted by Gasteiger charge is 2.35. The molecule has 0 N–H and O–H groups in total. The number of fused-ring (bicyclic) bond motifs is 1. The number of likely N-dealkylation sites (tertiary alicyclic amines) is 1. The lowest BCUT2D eigenvalue weighted by Crippen LogP contribution is -2.31. The lowest BCUT2D eigenvalue weighted by molar-refractivity contribution is 0.0710. The van der Waals surface area contributed by atoms with Crippen molar-refractivity contribution in [1.29, 1.82) is 0 Å². The number of aromatic nitrogens is 3. The Labute approximate surface area is 162 Å². The summed E-state index contributed by atoms with van der Waals surface area (Å²) in [6.45, 7) is 1.43. The van der Waals surface area contributed by atoms with Gasteiger partial charge in [0, 0.05) is 30.1 Å². The minimum absolute atomic E-state index is 0.000431. The summed E-state index contributed by atoms with van der Waals surface area (Å²) in [5, 5.41) is 4.09. The molecular formula is C21H20N4O3. The van der Waals surface area contributed by atoms with Crippen LogP contribution in [0, 0.1) is 0 Å². The molecule has 0 spiro atoms. The van der Waals surface area contributed by atoms with Gasteiger partial charge >= 0.3 is 0 Å². The van der Waals surface area contributed by atoms with E-state index in [2.05, 4.69) is 15.1 Å². The van der Waals surface area contributed by atoms with E-state index in [1.807, 2.05) is 35.2 Å². The number of benzene rings is 1. The topological polar surface area (TPSA) is 81.4 Å². The van der Waals surface area contributed by atoms with Gasteiger partial charge in [0.1, 0.15) is 11.8 Å². The lowest BCUT2D eigenvalue weighted by atomic mass is 10.0. The Hall–Kier alpha value is -3.22. The van der Waals surface area contributed by atoms with Crippen LogP contribution < -0.4 is 4.74 Å². The van der Waals surface area contributed by atoms with Crippen LogP contribution in [0.1, 0.15) is 47.1 Å². The molecular weight excluding hydrogens is 356 g/mol. The molecule has 0 radical (unpaired) electrons. The van der Waals surface area contributed by atoms with Gasteiger partial charge in [-0.2, -0.15) is 4.98 Å². The molecule has 28 heavy (non-hydrogen) atoms. The third-order valence-corrected chi connectivity index (χ3v) is 5.33. The van der Waals surface area contributed by atoms with Gasteiger partial charge in [0.25, 0.3) is 5.91 Å². The fourth-order valence-corrected chi connectivity index (χ4v) is 3.91. The molecule has 5 rings (SSSR count). The molecule has 7 nitrogen and oxygen atoms in total. The van der Waals surface area contributed by atoms with Crippen LogP contribution >= 0.6 is 0 Å². The van der Waals surface area contributed by atoms with Crippen molar-refractivity contribution in [2.45, 2.75) is 31.7 Å². The zero-order chi connectivity index (χ0) is 18.9.